The monoisotopic (exact) mass is 252 g/mol. The van der Waals surface area contributed by atoms with Gasteiger partial charge < -0.3 is 14.4 Å². The van der Waals surface area contributed by atoms with Crippen molar-refractivity contribution in [3.05, 3.63) is 17.2 Å². The number of ether oxygens (including phenoxy) is 1. The van der Waals surface area contributed by atoms with Gasteiger partial charge in [-0.05, 0) is 19.3 Å². The van der Waals surface area contributed by atoms with Crippen LogP contribution in [0.5, 0.6) is 0 Å². The third-order valence-electron chi connectivity index (χ3n) is 3.49. The molecule has 0 saturated heterocycles. The summed E-state index contributed by atoms with van der Waals surface area (Å²) < 4.78 is 7.56. The van der Waals surface area contributed by atoms with Crippen molar-refractivity contribution in [3.8, 4) is 0 Å². The van der Waals surface area contributed by atoms with E-state index in [2.05, 4.69) is 16.5 Å². The number of carbonyl (C=O) groups is 1. The van der Waals surface area contributed by atoms with Crippen LogP contribution in [0, 0.1) is 5.92 Å². The molecule has 0 saturated carbocycles. The number of hydrogen-bond acceptors (Lipinski definition) is 3. The Kier molecular flexibility index (Phi) is 4.01. The van der Waals surface area contributed by atoms with Crippen molar-refractivity contribution < 1.29 is 14.6 Å². The number of aliphatic carboxylic acids is 1. The third kappa shape index (κ3) is 2.56. The van der Waals surface area contributed by atoms with Crippen molar-refractivity contribution >= 4 is 5.97 Å². The van der Waals surface area contributed by atoms with E-state index in [4.69, 9.17) is 9.84 Å². The summed E-state index contributed by atoms with van der Waals surface area (Å²) in [5.41, 5.74) is 2.11. The molecule has 0 fully saturated rings. The molecular weight excluding hydrogens is 232 g/mol. The Morgan fingerprint density at radius 2 is 2.39 bits per heavy atom. The minimum absolute atomic E-state index is 0.281. The molecule has 1 N–H and O–H groups in total. The number of nitrogens with zero attached hydrogens (tertiary/aromatic N) is 2. The average Bonchev–Trinajstić information content (AvgIpc) is 2.66. The van der Waals surface area contributed by atoms with Gasteiger partial charge in [0.15, 0.2) is 0 Å². The van der Waals surface area contributed by atoms with Crippen molar-refractivity contribution in [2.75, 3.05) is 6.61 Å². The normalized spacial score (nSPS) is 18.7. The molecule has 1 atom stereocenters. The van der Waals surface area contributed by atoms with Crippen molar-refractivity contribution in [1.82, 2.24) is 9.55 Å². The number of carboxylic acid groups (broad SMARTS) is 1. The molecule has 18 heavy (non-hydrogen) atoms. The van der Waals surface area contributed by atoms with E-state index in [1.165, 1.54) is 5.69 Å². The lowest BCUT2D eigenvalue weighted by Gasteiger charge is -2.18. The molecule has 1 aliphatic rings. The number of aromatic nitrogens is 2. The molecular formula is C13H20N2O3. The van der Waals surface area contributed by atoms with Crippen LogP contribution in [0.25, 0.3) is 0 Å². The van der Waals surface area contributed by atoms with Crippen LogP contribution in [0.4, 0.5) is 0 Å². The highest BCUT2D eigenvalue weighted by atomic mass is 16.5. The molecule has 1 unspecified atom stereocenters. The summed E-state index contributed by atoms with van der Waals surface area (Å²) in [7, 11) is 1.98. The van der Waals surface area contributed by atoms with Crippen molar-refractivity contribution in [3.63, 3.8) is 0 Å². The predicted octanol–water partition coefficient (Wildman–Crippen LogP) is 1.54. The van der Waals surface area contributed by atoms with Gasteiger partial charge in [0.1, 0.15) is 12.4 Å². The molecule has 2 rings (SSSR count). The standard InChI is InChI=1S/C13H20N2O3/c1-3-6-18-8-12-14-10-7-9(13(16)17)4-5-11(10)15(12)2/h9H,3-8H2,1-2H3,(H,16,17). The first-order chi connectivity index (χ1) is 8.63. The number of rotatable bonds is 5. The number of imidazole rings is 1. The molecule has 1 aliphatic carbocycles. The Balaban J connectivity index is 2.10. The summed E-state index contributed by atoms with van der Waals surface area (Å²) in [4.78, 5) is 15.5. The Labute approximate surface area is 107 Å². The molecule has 100 valence electrons. The minimum atomic E-state index is -0.713. The lowest BCUT2D eigenvalue weighted by molar-refractivity contribution is -0.142. The van der Waals surface area contributed by atoms with Crippen LogP contribution >= 0.6 is 0 Å². The van der Waals surface area contributed by atoms with E-state index >= 15 is 0 Å². The maximum absolute atomic E-state index is 11.0. The van der Waals surface area contributed by atoms with Crippen molar-refractivity contribution in [1.29, 1.82) is 0 Å². The van der Waals surface area contributed by atoms with E-state index in [9.17, 15) is 4.79 Å². The first kappa shape index (κ1) is 13.1. The van der Waals surface area contributed by atoms with Crippen LogP contribution < -0.4 is 0 Å². The molecule has 0 radical (unpaired) electrons. The van der Waals surface area contributed by atoms with Gasteiger partial charge in [-0.15, -0.1) is 0 Å². The zero-order valence-electron chi connectivity index (χ0n) is 11.0. The lowest BCUT2D eigenvalue weighted by Crippen LogP contribution is -2.22. The molecule has 0 aliphatic heterocycles. The fourth-order valence-electron chi connectivity index (χ4n) is 2.41. The zero-order valence-corrected chi connectivity index (χ0v) is 11.0. The molecule has 0 amide bonds. The maximum Gasteiger partial charge on any atom is 0.306 e. The molecule has 1 aromatic heterocycles. The predicted molar refractivity (Wildman–Crippen MR) is 66.3 cm³/mol. The van der Waals surface area contributed by atoms with E-state index in [1.54, 1.807) is 0 Å². The second kappa shape index (κ2) is 5.52. The first-order valence-corrected chi connectivity index (χ1v) is 6.47. The molecule has 1 aromatic rings. The zero-order chi connectivity index (χ0) is 13.1. The Morgan fingerprint density at radius 1 is 1.61 bits per heavy atom. The number of hydrogen-bond donors (Lipinski definition) is 1. The Bertz CT molecular complexity index is 440. The van der Waals surface area contributed by atoms with Crippen LogP contribution in [-0.4, -0.2) is 27.2 Å². The van der Waals surface area contributed by atoms with Crippen LogP contribution in [-0.2, 0) is 36.0 Å². The largest absolute Gasteiger partial charge is 0.481 e. The van der Waals surface area contributed by atoms with Gasteiger partial charge in [-0.1, -0.05) is 6.92 Å². The lowest BCUT2D eigenvalue weighted by atomic mass is 9.90. The summed E-state index contributed by atoms with van der Waals surface area (Å²) in [5, 5.41) is 9.05. The Hall–Kier alpha value is -1.36. The second-order valence-electron chi connectivity index (χ2n) is 4.81. The molecule has 0 aromatic carbocycles. The van der Waals surface area contributed by atoms with Gasteiger partial charge >= 0.3 is 5.97 Å². The number of carboxylic acids is 1. The van der Waals surface area contributed by atoms with E-state index in [-0.39, 0.29) is 5.92 Å². The van der Waals surface area contributed by atoms with Gasteiger partial charge in [0.2, 0.25) is 0 Å². The summed E-state index contributed by atoms with van der Waals surface area (Å²) in [5.74, 6) is -0.0913. The molecule has 5 nitrogen and oxygen atoms in total. The summed E-state index contributed by atoms with van der Waals surface area (Å²) >= 11 is 0. The van der Waals surface area contributed by atoms with Crippen LogP contribution in [0.3, 0.4) is 0 Å². The van der Waals surface area contributed by atoms with Crippen LogP contribution in [0.1, 0.15) is 37.0 Å². The van der Waals surface area contributed by atoms with Gasteiger partial charge in [-0.25, -0.2) is 4.98 Å². The number of fused-ring (bicyclic) bond motifs is 1. The van der Waals surface area contributed by atoms with Crippen molar-refractivity contribution in [2.24, 2.45) is 13.0 Å². The highest BCUT2D eigenvalue weighted by molar-refractivity contribution is 5.70. The van der Waals surface area contributed by atoms with E-state index in [0.717, 1.165) is 31.0 Å². The quantitative estimate of drug-likeness (QED) is 0.807. The first-order valence-electron chi connectivity index (χ1n) is 6.47. The van der Waals surface area contributed by atoms with E-state index in [1.807, 2.05) is 7.05 Å². The van der Waals surface area contributed by atoms with Gasteiger partial charge in [0.25, 0.3) is 0 Å². The van der Waals surface area contributed by atoms with Crippen molar-refractivity contribution in [2.45, 2.75) is 39.2 Å². The smallest absolute Gasteiger partial charge is 0.306 e. The summed E-state index contributed by atoms with van der Waals surface area (Å²) in [6.45, 7) is 3.31. The molecule has 1 heterocycles. The van der Waals surface area contributed by atoms with Gasteiger partial charge in [-0.3, -0.25) is 4.79 Å². The summed E-state index contributed by atoms with van der Waals surface area (Å²) in [6, 6.07) is 0. The summed E-state index contributed by atoms with van der Waals surface area (Å²) in [6.07, 6.45) is 3.04. The van der Waals surface area contributed by atoms with Crippen LogP contribution in [0.15, 0.2) is 0 Å². The third-order valence-corrected chi connectivity index (χ3v) is 3.49. The van der Waals surface area contributed by atoms with E-state index < -0.39 is 5.97 Å². The van der Waals surface area contributed by atoms with Crippen LogP contribution in [0.2, 0.25) is 0 Å². The molecule has 0 bridgehead atoms. The topological polar surface area (TPSA) is 64.4 Å². The van der Waals surface area contributed by atoms with Gasteiger partial charge in [0.05, 0.1) is 11.6 Å². The average molecular weight is 252 g/mol. The second-order valence-corrected chi connectivity index (χ2v) is 4.81. The van der Waals surface area contributed by atoms with E-state index in [0.29, 0.717) is 19.4 Å². The highest BCUT2D eigenvalue weighted by Crippen LogP contribution is 2.26. The fraction of sp³-hybridized carbons (Fsp3) is 0.692. The minimum Gasteiger partial charge on any atom is -0.481 e. The maximum atomic E-state index is 11.0. The highest BCUT2D eigenvalue weighted by Gasteiger charge is 2.28. The van der Waals surface area contributed by atoms with Gasteiger partial charge in [0, 0.05) is 25.8 Å². The fourth-order valence-corrected chi connectivity index (χ4v) is 2.41. The SMILES string of the molecule is CCCOCc1nc2c(n1C)CCC(C(=O)O)C2. The molecule has 0 spiro atoms. The molecule has 5 heteroatoms. The Morgan fingerprint density at radius 3 is 3.06 bits per heavy atom. The van der Waals surface area contributed by atoms with Gasteiger partial charge in [-0.2, -0.15) is 0 Å².